The normalized spacial score (nSPS) is 14.3. The van der Waals surface area contributed by atoms with Crippen LogP contribution in [-0.4, -0.2) is 18.4 Å². The summed E-state index contributed by atoms with van der Waals surface area (Å²) >= 11 is 1.46. The second kappa shape index (κ2) is 10.5. The maximum Gasteiger partial charge on any atom is 0.265 e. The fraction of sp³-hybridized carbons (Fsp3) is 0.214. The Labute approximate surface area is 199 Å². The highest BCUT2D eigenvalue weighted by Gasteiger charge is 2.30. The summed E-state index contributed by atoms with van der Waals surface area (Å²) in [5.74, 6) is -0.161. The number of thioether (sulfide) groups is 1. The Morgan fingerprint density at radius 2 is 1.85 bits per heavy atom. The number of amides is 2. The zero-order valence-corrected chi connectivity index (χ0v) is 19.8. The van der Waals surface area contributed by atoms with Crippen molar-refractivity contribution in [3.63, 3.8) is 0 Å². The predicted octanol–water partition coefficient (Wildman–Crippen LogP) is 6.20. The molecule has 0 fully saturated rings. The van der Waals surface area contributed by atoms with Crippen LogP contribution < -0.4 is 10.2 Å². The third-order valence-electron chi connectivity index (χ3n) is 5.52. The highest BCUT2D eigenvalue weighted by molar-refractivity contribution is 8.04. The van der Waals surface area contributed by atoms with Crippen LogP contribution >= 0.6 is 11.8 Å². The van der Waals surface area contributed by atoms with Crippen LogP contribution in [0.5, 0.6) is 0 Å². The van der Waals surface area contributed by atoms with Crippen molar-refractivity contribution in [2.45, 2.75) is 38.1 Å². The molecule has 3 aromatic carbocycles. The molecule has 1 aliphatic rings. The van der Waals surface area contributed by atoms with Crippen LogP contribution in [0.25, 0.3) is 6.08 Å². The molecule has 4 rings (SSSR count). The van der Waals surface area contributed by atoms with Crippen molar-refractivity contribution in [1.82, 2.24) is 5.32 Å². The van der Waals surface area contributed by atoms with E-state index >= 15 is 0 Å². The van der Waals surface area contributed by atoms with E-state index in [1.54, 1.807) is 4.90 Å². The molecule has 0 saturated carbocycles. The molecule has 0 spiro atoms. The van der Waals surface area contributed by atoms with Gasteiger partial charge in [0, 0.05) is 17.0 Å². The summed E-state index contributed by atoms with van der Waals surface area (Å²) in [6.45, 7) is 5.24. The maximum atomic E-state index is 13.6. The van der Waals surface area contributed by atoms with Crippen LogP contribution in [0.3, 0.4) is 0 Å². The van der Waals surface area contributed by atoms with Crippen molar-refractivity contribution in [2.24, 2.45) is 0 Å². The number of aryl methyl sites for hydroxylation is 1. The monoisotopic (exact) mass is 456 g/mol. The lowest BCUT2D eigenvalue weighted by Gasteiger charge is -2.31. The molecule has 0 bridgehead atoms. The molecule has 4 nitrogen and oxygen atoms in total. The quantitative estimate of drug-likeness (QED) is 0.340. The Balaban J connectivity index is 1.71. The van der Waals surface area contributed by atoms with Crippen molar-refractivity contribution < 1.29 is 9.59 Å². The van der Waals surface area contributed by atoms with Crippen molar-refractivity contribution in [3.05, 3.63) is 100.0 Å². The lowest BCUT2D eigenvalue weighted by Crippen LogP contribution is -2.34. The van der Waals surface area contributed by atoms with Gasteiger partial charge in [-0.15, -0.1) is 0 Å². The molecule has 0 unspecified atom stereocenters. The van der Waals surface area contributed by atoms with E-state index in [-0.39, 0.29) is 11.8 Å². The molecule has 0 aliphatic carbocycles. The second-order valence-electron chi connectivity index (χ2n) is 8.19. The third-order valence-corrected chi connectivity index (χ3v) is 6.60. The van der Waals surface area contributed by atoms with E-state index < -0.39 is 0 Å². The van der Waals surface area contributed by atoms with Gasteiger partial charge in [-0.1, -0.05) is 85.3 Å². The average molecular weight is 457 g/mol. The number of hydrogen-bond donors (Lipinski definition) is 1. The van der Waals surface area contributed by atoms with Crippen LogP contribution in [0.15, 0.2) is 82.6 Å². The predicted molar refractivity (Wildman–Crippen MR) is 136 cm³/mol. The highest BCUT2D eigenvalue weighted by atomic mass is 32.2. The minimum atomic E-state index is -0.107. The van der Waals surface area contributed by atoms with E-state index in [1.165, 1.54) is 11.8 Å². The first kappa shape index (κ1) is 22.9. The number of nitrogens with one attached hydrogen (secondary N) is 1. The molecule has 1 heterocycles. The van der Waals surface area contributed by atoms with Crippen LogP contribution in [0.2, 0.25) is 0 Å². The van der Waals surface area contributed by atoms with Crippen molar-refractivity contribution in [1.29, 1.82) is 0 Å². The Morgan fingerprint density at radius 1 is 1.03 bits per heavy atom. The van der Waals surface area contributed by atoms with Gasteiger partial charge >= 0.3 is 0 Å². The number of unbranched alkanes of at least 4 members (excludes halogenated alkanes) is 1. The Kier molecular flexibility index (Phi) is 7.30. The molecular formula is C28H28N2O2S. The second-order valence-corrected chi connectivity index (χ2v) is 9.28. The molecule has 2 amide bonds. The summed E-state index contributed by atoms with van der Waals surface area (Å²) in [6, 6.07) is 23.7. The van der Waals surface area contributed by atoms with E-state index in [0.717, 1.165) is 40.1 Å². The van der Waals surface area contributed by atoms with Gasteiger partial charge in [0.15, 0.2) is 0 Å². The molecule has 0 atom stereocenters. The lowest BCUT2D eigenvalue weighted by atomic mass is 10.1. The molecule has 33 heavy (non-hydrogen) atoms. The fourth-order valence-electron chi connectivity index (χ4n) is 3.78. The van der Waals surface area contributed by atoms with Crippen molar-refractivity contribution in [3.8, 4) is 0 Å². The number of carbonyl (C=O) groups is 2. The average Bonchev–Trinajstić information content (AvgIpc) is 2.82. The molecule has 0 aromatic heterocycles. The summed E-state index contributed by atoms with van der Waals surface area (Å²) in [7, 11) is 0. The van der Waals surface area contributed by atoms with Gasteiger partial charge in [-0.25, -0.2) is 0 Å². The number of rotatable bonds is 7. The van der Waals surface area contributed by atoms with Crippen LogP contribution in [0, 0.1) is 6.92 Å². The Bertz CT molecular complexity index is 1190. The van der Waals surface area contributed by atoms with Gasteiger partial charge in [0.25, 0.3) is 11.8 Å². The summed E-state index contributed by atoms with van der Waals surface area (Å²) in [6.07, 6.45) is 3.90. The first-order valence-corrected chi connectivity index (χ1v) is 12.1. The number of carbonyl (C=O) groups excluding carboxylic acids is 2. The molecule has 0 saturated heterocycles. The number of anilines is 1. The molecule has 0 radical (unpaired) electrons. The van der Waals surface area contributed by atoms with Gasteiger partial charge in [-0.2, -0.15) is 0 Å². The summed E-state index contributed by atoms with van der Waals surface area (Å²) < 4.78 is 0. The van der Waals surface area contributed by atoms with E-state index in [1.807, 2.05) is 79.7 Å². The SMILES string of the molecule is CCCCNC(=O)c1ccc2c(c1)N(Cc1cccc(C)c1)C(=O)C(=Cc1ccccc1)S2. The number of hydrogen-bond acceptors (Lipinski definition) is 3. The van der Waals surface area contributed by atoms with Gasteiger partial charge in [0.2, 0.25) is 0 Å². The minimum absolute atomic E-state index is 0.0543. The smallest absolute Gasteiger partial charge is 0.265 e. The van der Waals surface area contributed by atoms with E-state index in [9.17, 15) is 9.59 Å². The first-order chi connectivity index (χ1) is 16.0. The Morgan fingerprint density at radius 3 is 2.61 bits per heavy atom. The van der Waals surface area contributed by atoms with Gasteiger partial charge in [0.1, 0.15) is 0 Å². The van der Waals surface area contributed by atoms with Crippen molar-refractivity contribution >= 4 is 35.3 Å². The zero-order valence-electron chi connectivity index (χ0n) is 19.0. The molecular weight excluding hydrogens is 428 g/mol. The number of fused-ring (bicyclic) bond motifs is 1. The Hall–Kier alpha value is -3.31. The molecule has 1 aliphatic heterocycles. The van der Waals surface area contributed by atoms with Crippen LogP contribution in [0.4, 0.5) is 5.69 Å². The molecule has 3 aromatic rings. The van der Waals surface area contributed by atoms with Gasteiger partial charge in [-0.3, -0.25) is 9.59 Å². The number of benzene rings is 3. The molecule has 1 N–H and O–H groups in total. The molecule has 5 heteroatoms. The van der Waals surface area contributed by atoms with Crippen molar-refractivity contribution in [2.75, 3.05) is 11.4 Å². The van der Waals surface area contributed by atoms with Gasteiger partial charge in [0.05, 0.1) is 17.1 Å². The first-order valence-electron chi connectivity index (χ1n) is 11.3. The summed E-state index contributed by atoms with van der Waals surface area (Å²) in [5.41, 5.74) is 4.54. The standard InChI is InChI=1S/C28H28N2O2S/c1-3-4-15-29-27(31)23-13-14-25-24(18-23)30(19-22-12-8-9-20(2)16-22)28(32)26(33-25)17-21-10-6-5-7-11-21/h5-14,16-18H,3-4,15,19H2,1-2H3,(H,29,31). The lowest BCUT2D eigenvalue weighted by molar-refractivity contribution is -0.114. The van der Waals surface area contributed by atoms with E-state index in [2.05, 4.69) is 18.3 Å². The molecule has 168 valence electrons. The van der Waals surface area contributed by atoms with Crippen LogP contribution in [-0.2, 0) is 11.3 Å². The fourth-order valence-corrected chi connectivity index (χ4v) is 4.82. The largest absolute Gasteiger partial charge is 0.352 e. The maximum absolute atomic E-state index is 13.6. The zero-order chi connectivity index (χ0) is 23.2. The third kappa shape index (κ3) is 5.55. The minimum Gasteiger partial charge on any atom is -0.352 e. The summed E-state index contributed by atoms with van der Waals surface area (Å²) in [4.78, 5) is 29.7. The van der Waals surface area contributed by atoms with Crippen LogP contribution in [0.1, 0.15) is 46.8 Å². The summed E-state index contributed by atoms with van der Waals surface area (Å²) in [5, 5.41) is 2.97. The van der Waals surface area contributed by atoms with E-state index in [0.29, 0.717) is 23.6 Å². The topological polar surface area (TPSA) is 49.4 Å². The van der Waals surface area contributed by atoms with E-state index in [4.69, 9.17) is 0 Å². The van der Waals surface area contributed by atoms with Gasteiger partial charge in [-0.05, 0) is 48.7 Å². The highest BCUT2D eigenvalue weighted by Crippen LogP contribution is 2.43. The number of nitrogens with zero attached hydrogens (tertiary/aromatic N) is 1. The van der Waals surface area contributed by atoms with Gasteiger partial charge < -0.3 is 10.2 Å².